The Morgan fingerprint density at radius 1 is 1.50 bits per heavy atom. The Balaban J connectivity index is 1.73. The molecule has 1 saturated carbocycles. The van der Waals surface area contributed by atoms with Crippen LogP contribution in [0.4, 0.5) is 0 Å². The molecule has 0 aliphatic heterocycles. The molecule has 0 saturated heterocycles. The van der Waals surface area contributed by atoms with Gasteiger partial charge in [-0.15, -0.1) is 0 Å². The maximum Gasteiger partial charge on any atom is 0.191 e. The van der Waals surface area contributed by atoms with Gasteiger partial charge >= 0.3 is 0 Å². The number of nitrogens with two attached hydrogens (primary N) is 1. The minimum Gasteiger partial charge on any atom is -0.491 e. The molecule has 3 N–H and O–H groups in total. The molecule has 0 radical (unpaired) electrons. The average Bonchev–Trinajstić information content (AvgIpc) is 3.28. The molecule has 0 spiro atoms. The van der Waals surface area contributed by atoms with E-state index in [0.717, 1.165) is 9.32 Å². The lowest BCUT2D eigenvalue weighted by atomic mass is 10.3. The molecule has 6 heteroatoms. The highest BCUT2D eigenvalue weighted by Gasteiger charge is 2.27. The highest BCUT2D eigenvalue weighted by Crippen LogP contribution is 2.24. The second-order valence-electron chi connectivity index (χ2n) is 4.96. The van der Waals surface area contributed by atoms with E-state index in [1.54, 1.807) is 0 Å². The minimum atomic E-state index is -0.652. The number of nitrogens with zero attached hydrogens (tertiary/aromatic N) is 2. The summed E-state index contributed by atoms with van der Waals surface area (Å²) < 4.78 is 6.65. The maximum absolute atomic E-state index is 9.84. The fraction of sp³-hybridized carbons (Fsp3) is 0.500. The summed E-state index contributed by atoms with van der Waals surface area (Å²) in [4.78, 5) is 6.17. The number of aliphatic hydroxyl groups excluding tert-OH is 1. The van der Waals surface area contributed by atoms with Crippen LogP contribution in [-0.4, -0.2) is 48.3 Å². The summed E-state index contributed by atoms with van der Waals surface area (Å²) in [5, 5.41) is 9.84. The number of aliphatic imine (C=N–C) groups is 1. The highest BCUT2D eigenvalue weighted by molar-refractivity contribution is 14.1. The van der Waals surface area contributed by atoms with Crippen molar-refractivity contribution in [2.75, 3.05) is 20.2 Å². The van der Waals surface area contributed by atoms with E-state index in [4.69, 9.17) is 10.5 Å². The largest absolute Gasteiger partial charge is 0.491 e. The van der Waals surface area contributed by atoms with Crippen LogP contribution >= 0.6 is 22.6 Å². The van der Waals surface area contributed by atoms with E-state index in [-0.39, 0.29) is 13.2 Å². The number of halogens is 1. The van der Waals surface area contributed by atoms with E-state index in [1.165, 1.54) is 12.8 Å². The quantitative estimate of drug-likeness (QED) is 0.439. The summed E-state index contributed by atoms with van der Waals surface area (Å²) in [7, 11) is 1.94. The normalized spacial score (nSPS) is 16.9. The van der Waals surface area contributed by atoms with Gasteiger partial charge in [-0.2, -0.15) is 0 Å². The molecule has 1 aromatic carbocycles. The SMILES string of the molecule is CN(C(N)=NCC(O)COc1ccc(I)cc1)C1CC1. The molecule has 2 rings (SSSR count). The molecular weight excluding hydrogens is 369 g/mol. The first-order valence-corrected chi connectivity index (χ1v) is 7.73. The Kier molecular flexibility index (Phi) is 5.47. The Morgan fingerprint density at radius 3 is 2.75 bits per heavy atom. The summed E-state index contributed by atoms with van der Waals surface area (Å²) in [5.41, 5.74) is 5.85. The second kappa shape index (κ2) is 7.12. The average molecular weight is 389 g/mol. The zero-order valence-corrected chi connectivity index (χ0v) is 13.7. The first-order chi connectivity index (χ1) is 9.56. The van der Waals surface area contributed by atoms with Crippen molar-refractivity contribution in [3.63, 3.8) is 0 Å². The molecule has 1 aromatic rings. The van der Waals surface area contributed by atoms with E-state index >= 15 is 0 Å². The molecule has 1 unspecified atom stereocenters. The van der Waals surface area contributed by atoms with Crippen LogP contribution in [0.5, 0.6) is 5.75 Å². The zero-order valence-electron chi connectivity index (χ0n) is 11.5. The first kappa shape index (κ1) is 15.4. The van der Waals surface area contributed by atoms with Crippen molar-refractivity contribution in [3.8, 4) is 5.75 Å². The molecule has 0 bridgehead atoms. The number of aliphatic hydroxyl groups is 1. The van der Waals surface area contributed by atoms with Crippen LogP contribution in [0.1, 0.15) is 12.8 Å². The first-order valence-electron chi connectivity index (χ1n) is 6.65. The van der Waals surface area contributed by atoms with Crippen molar-refractivity contribution in [3.05, 3.63) is 27.8 Å². The molecule has 1 atom stereocenters. The standard InChI is InChI=1S/C14H20IN3O2/c1-18(11-4-5-11)14(16)17-8-12(19)9-20-13-6-2-10(15)3-7-13/h2-3,6-7,11-12,19H,4-5,8-9H2,1H3,(H2,16,17). The molecule has 110 valence electrons. The molecule has 1 aliphatic carbocycles. The lowest BCUT2D eigenvalue weighted by molar-refractivity contribution is 0.114. The molecule has 0 amide bonds. The Hall–Kier alpha value is -1.02. The van der Waals surface area contributed by atoms with E-state index in [9.17, 15) is 5.11 Å². The van der Waals surface area contributed by atoms with Crippen molar-refractivity contribution in [2.45, 2.75) is 25.0 Å². The van der Waals surface area contributed by atoms with Crippen LogP contribution in [0.3, 0.4) is 0 Å². The minimum absolute atomic E-state index is 0.213. The van der Waals surface area contributed by atoms with Crippen LogP contribution in [0.25, 0.3) is 0 Å². The Labute approximate surface area is 133 Å². The van der Waals surface area contributed by atoms with E-state index < -0.39 is 6.10 Å². The van der Waals surface area contributed by atoms with Crippen LogP contribution < -0.4 is 10.5 Å². The zero-order chi connectivity index (χ0) is 14.5. The molecule has 1 aliphatic rings. The topological polar surface area (TPSA) is 71.1 Å². The van der Waals surface area contributed by atoms with Gasteiger partial charge in [-0.1, -0.05) is 0 Å². The van der Waals surface area contributed by atoms with Crippen molar-refractivity contribution in [2.24, 2.45) is 10.7 Å². The number of hydrogen-bond acceptors (Lipinski definition) is 3. The van der Waals surface area contributed by atoms with Gasteiger partial charge in [0.2, 0.25) is 0 Å². The van der Waals surface area contributed by atoms with Crippen molar-refractivity contribution in [1.29, 1.82) is 0 Å². The van der Waals surface area contributed by atoms with Gasteiger partial charge in [-0.25, -0.2) is 0 Å². The van der Waals surface area contributed by atoms with E-state index in [2.05, 4.69) is 27.6 Å². The fourth-order valence-electron chi connectivity index (χ4n) is 1.74. The lowest BCUT2D eigenvalue weighted by Gasteiger charge is -2.17. The third kappa shape index (κ3) is 4.82. The van der Waals surface area contributed by atoms with Crippen LogP contribution in [0.15, 0.2) is 29.3 Å². The number of ether oxygens (including phenoxy) is 1. The van der Waals surface area contributed by atoms with Gasteiger partial charge in [0.25, 0.3) is 0 Å². The summed E-state index contributed by atoms with van der Waals surface area (Å²) in [6.45, 7) is 0.470. The molecule has 5 nitrogen and oxygen atoms in total. The van der Waals surface area contributed by atoms with Gasteiger partial charge in [-0.05, 0) is 59.7 Å². The van der Waals surface area contributed by atoms with Crippen LogP contribution in [0, 0.1) is 3.57 Å². The summed E-state index contributed by atoms with van der Waals surface area (Å²) in [6.07, 6.45) is 1.69. The summed E-state index contributed by atoms with van der Waals surface area (Å²) in [5.74, 6) is 1.23. The number of rotatable bonds is 6. The number of benzene rings is 1. The molecule has 20 heavy (non-hydrogen) atoms. The predicted molar refractivity (Wildman–Crippen MR) is 87.9 cm³/mol. The smallest absolute Gasteiger partial charge is 0.191 e. The van der Waals surface area contributed by atoms with Gasteiger partial charge < -0.3 is 20.5 Å². The van der Waals surface area contributed by atoms with E-state index in [0.29, 0.717) is 12.0 Å². The van der Waals surface area contributed by atoms with Gasteiger partial charge in [0.1, 0.15) is 18.5 Å². The van der Waals surface area contributed by atoms with Crippen LogP contribution in [0.2, 0.25) is 0 Å². The van der Waals surface area contributed by atoms with Crippen molar-refractivity contribution < 1.29 is 9.84 Å². The molecular formula is C14H20IN3O2. The number of guanidine groups is 1. The molecule has 1 fully saturated rings. The number of hydrogen-bond donors (Lipinski definition) is 2. The second-order valence-corrected chi connectivity index (χ2v) is 6.21. The van der Waals surface area contributed by atoms with Gasteiger partial charge in [0.05, 0.1) is 6.54 Å². The highest BCUT2D eigenvalue weighted by atomic mass is 127. The fourth-order valence-corrected chi connectivity index (χ4v) is 2.09. The van der Waals surface area contributed by atoms with Gasteiger partial charge in [0.15, 0.2) is 5.96 Å². The molecule has 0 aromatic heterocycles. The van der Waals surface area contributed by atoms with E-state index in [1.807, 2.05) is 36.2 Å². The predicted octanol–water partition coefficient (Wildman–Crippen LogP) is 1.44. The molecule has 0 heterocycles. The Bertz CT molecular complexity index is 460. The maximum atomic E-state index is 9.84. The third-order valence-corrected chi connectivity index (χ3v) is 3.90. The van der Waals surface area contributed by atoms with Crippen molar-refractivity contribution >= 4 is 28.6 Å². The monoisotopic (exact) mass is 389 g/mol. The van der Waals surface area contributed by atoms with Gasteiger partial charge in [0, 0.05) is 16.7 Å². The lowest BCUT2D eigenvalue weighted by Crippen LogP contribution is -2.36. The van der Waals surface area contributed by atoms with Crippen molar-refractivity contribution in [1.82, 2.24) is 4.90 Å². The summed E-state index contributed by atoms with van der Waals surface area (Å²) >= 11 is 2.23. The Morgan fingerprint density at radius 2 is 2.15 bits per heavy atom. The van der Waals surface area contributed by atoms with Crippen LogP contribution in [-0.2, 0) is 0 Å². The third-order valence-electron chi connectivity index (χ3n) is 3.18. The summed E-state index contributed by atoms with van der Waals surface area (Å²) in [6, 6.07) is 8.21. The van der Waals surface area contributed by atoms with Gasteiger partial charge in [-0.3, -0.25) is 4.99 Å².